The molecule has 0 bridgehead atoms. The van der Waals surface area contributed by atoms with Crippen LogP contribution in [0.4, 0.5) is 5.82 Å². The van der Waals surface area contributed by atoms with Gasteiger partial charge in [0, 0.05) is 37.7 Å². The van der Waals surface area contributed by atoms with Gasteiger partial charge in [0.1, 0.15) is 5.82 Å². The van der Waals surface area contributed by atoms with Gasteiger partial charge in [-0.05, 0) is 29.9 Å². The molecule has 6 nitrogen and oxygen atoms in total. The number of carbonyl (C=O) groups excluding carboxylic acids is 1. The summed E-state index contributed by atoms with van der Waals surface area (Å²) in [5.74, 6) is 0.521. The molecule has 1 aliphatic carbocycles. The number of aromatic nitrogens is 2. The molecule has 28 heavy (non-hydrogen) atoms. The van der Waals surface area contributed by atoms with Gasteiger partial charge in [0.15, 0.2) is 5.78 Å². The zero-order valence-electron chi connectivity index (χ0n) is 16.7. The smallest absolute Gasteiger partial charge is 0.332 e. The fraction of sp³-hybridized carbons (Fsp3) is 0.409. The van der Waals surface area contributed by atoms with Crippen molar-refractivity contribution in [3.05, 3.63) is 73.1 Å². The van der Waals surface area contributed by atoms with Crippen LogP contribution in [0.2, 0.25) is 0 Å². The second kappa shape index (κ2) is 6.62. The lowest BCUT2D eigenvalue weighted by molar-refractivity contribution is -0.116. The molecular weight excluding hydrogens is 354 g/mol. The zero-order valence-corrected chi connectivity index (χ0v) is 16.7. The SMILES string of the molecule is CC(C)c1ccc([C@@H]2C3=C(CCCC3=O)Nc3c2c(=O)n(C)c(=O)n3C)cc1. The van der Waals surface area contributed by atoms with Crippen molar-refractivity contribution in [2.24, 2.45) is 14.1 Å². The van der Waals surface area contributed by atoms with Gasteiger partial charge in [-0.3, -0.25) is 18.7 Å². The number of benzene rings is 1. The van der Waals surface area contributed by atoms with E-state index in [2.05, 4.69) is 31.3 Å². The summed E-state index contributed by atoms with van der Waals surface area (Å²) in [6, 6.07) is 8.13. The van der Waals surface area contributed by atoms with Crippen LogP contribution in [0.1, 0.15) is 61.6 Å². The number of rotatable bonds is 2. The molecule has 1 atom stereocenters. The highest BCUT2D eigenvalue weighted by atomic mass is 16.2. The second-order valence-corrected chi connectivity index (χ2v) is 8.02. The van der Waals surface area contributed by atoms with E-state index in [1.54, 1.807) is 7.05 Å². The van der Waals surface area contributed by atoms with E-state index >= 15 is 0 Å². The monoisotopic (exact) mass is 379 g/mol. The van der Waals surface area contributed by atoms with Gasteiger partial charge in [0.05, 0.1) is 5.56 Å². The summed E-state index contributed by atoms with van der Waals surface area (Å²) in [7, 11) is 3.14. The minimum atomic E-state index is -0.453. The Kier molecular flexibility index (Phi) is 4.37. The van der Waals surface area contributed by atoms with Gasteiger partial charge in [-0.1, -0.05) is 38.1 Å². The zero-order chi connectivity index (χ0) is 20.2. The fourth-order valence-corrected chi connectivity index (χ4v) is 4.30. The van der Waals surface area contributed by atoms with E-state index < -0.39 is 5.92 Å². The lowest BCUT2D eigenvalue weighted by Gasteiger charge is -2.34. The number of carbonyl (C=O) groups is 1. The molecule has 0 saturated carbocycles. The first-order chi connectivity index (χ1) is 13.3. The van der Waals surface area contributed by atoms with Crippen LogP contribution < -0.4 is 16.6 Å². The Morgan fingerprint density at radius 3 is 2.32 bits per heavy atom. The summed E-state index contributed by atoms with van der Waals surface area (Å²) < 4.78 is 2.59. The van der Waals surface area contributed by atoms with Gasteiger partial charge in [-0.2, -0.15) is 0 Å². The minimum Gasteiger partial charge on any atom is -0.344 e. The van der Waals surface area contributed by atoms with Crippen LogP contribution in [0.3, 0.4) is 0 Å². The molecule has 2 aliphatic rings. The lowest BCUT2D eigenvalue weighted by Crippen LogP contribution is -2.44. The topological polar surface area (TPSA) is 73.1 Å². The highest BCUT2D eigenvalue weighted by Gasteiger charge is 2.38. The number of hydrogen-bond acceptors (Lipinski definition) is 4. The predicted octanol–water partition coefficient (Wildman–Crippen LogP) is 2.77. The third-order valence-corrected chi connectivity index (χ3v) is 5.94. The molecule has 0 spiro atoms. The van der Waals surface area contributed by atoms with Crippen molar-refractivity contribution in [1.82, 2.24) is 9.13 Å². The molecule has 2 aromatic rings. The highest BCUT2D eigenvalue weighted by Crippen LogP contribution is 2.43. The number of Topliss-reactive ketones (excluding diaryl/α,β-unsaturated/α-hetero) is 1. The second-order valence-electron chi connectivity index (χ2n) is 8.02. The first-order valence-corrected chi connectivity index (χ1v) is 9.74. The molecule has 2 heterocycles. The van der Waals surface area contributed by atoms with E-state index in [4.69, 9.17) is 0 Å². The van der Waals surface area contributed by atoms with Crippen molar-refractivity contribution in [2.45, 2.75) is 44.9 Å². The fourth-order valence-electron chi connectivity index (χ4n) is 4.30. The molecule has 0 radical (unpaired) electrons. The van der Waals surface area contributed by atoms with Crippen molar-refractivity contribution < 1.29 is 4.79 Å². The molecule has 1 aromatic carbocycles. The van der Waals surface area contributed by atoms with Gasteiger partial charge in [-0.25, -0.2) is 4.79 Å². The maximum atomic E-state index is 13.1. The third-order valence-electron chi connectivity index (χ3n) is 5.94. The van der Waals surface area contributed by atoms with Gasteiger partial charge in [0.2, 0.25) is 0 Å². The summed E-state index contributed by atoms with van der Waals surface area (Å²) >= 11 is 0. The number of fused-ring (bicyclic) bond motifs is 1. The summed E-state index contributed by atoms with van der Waals surface area (Å²) in [6.07, 6.45) is 2.00. The summed E-state index contributed by atoms with van der Waals surface area (Å²) in [5.41, 5.74) is 3.36. The summed E-state index contributed by atoms with van der Waals surface area (Å²) in [4.78, 5) is 38.4. The Morgan fingerprint density at radius 2 is 1.68 bits per heavy atom. The van der Waals surface area contributed by atoms with Crippen molar-refractivity contribution in [1.29, 1.82) is 0 Å². The normalized spacial score (nSPS) is 18.8. The first-order valence-electron chi connectivity index (χ1n) is 9.74. The number of hydrogen-bond donors (Lipinski definition) is 1. The Bertz CT molecular complexity index is 1120. The van der Waals surface area contributed by atoms with Crippen LogP contribution in [0, 0.1) is 0 Å². The Morgan fingerprint density at radius 1 is 1.00 bits per heavy atom. The van der Waals surface area contributed by atoms with E-state index in [1.807, 2.05) is 12.1 Å². The Hall–Kier alpha value is -2.89. The first kappa shape index (κ1) is 18.5. The Labute approximate surface area is 163 Å². The summed E-state index contributed by atoms with van der Waals surface area (Å²) in [6.45, 7) is 4.26. The maximum absolute atomic E-state index is 13.1. The van der Waals surface area contributed by atoms with Crippen molar-refractivity contribution >= 4 is 11.6 Å². The quantitative estimate of drug-likeness (QED) is 0.871. The van der Waals surface area contributed by atoms with Crippen LogP contribution in [0.15, 0.2) is 45.1 Å². The predicted molar refractivity (Wildman–Crippen MR) is 109 cm³/mol. The van der Waals surface area contributed by atoms with Gasteiger partial charge < -0.3 is 5.32 Å². The van der Waals surface area contributed by atoms with Crippen molar-refractivity contribution in [2.75, 3.05) is 5.32 Å². The molecule has 146 valence electrons. The molecular formula is C22H25N3O3. The van der Waals surface area contributed by atoms with Crippen molar-refractivity contribution in [3.8, 4) is 0 Å². The number of ketones is 1. The largest absolute Gasteiger partial charge is 0.344 e. The van der Waals surface area contributed by atoms with Gasteiger partial charge >= 0.3 is 5.69 Å². The van der Waals surface area contributed by atoms with Crippen molar-refractivity contribution in [3.63, 3.8) is 0 Å². The van der Waals surface area contributed by atoms with Crippen LogP contribution >= 0.6 is 0 Å². The maximum Gasteiger partial charge on any atom is 0.332 e. The molecule has 1 aromatic heterocycles. The minimum absolute atomic E-state index is 0.0771. The molecule has 6 heteroatoms. The standard InChI is InChI=1S/C22H25N3O3/c1-12(2)13-8-10-14(11-9-13)17-18-15(6-5-7-16(18)26)23-20-19(17)21(27)25(4)22(28)24(20)3/h8-12,17,23H,5-7H2,1-4H3/t17-/m1/s1. The molecule has 1 N–H and O–H groups in total. The number of anilines is 1. The van der Waals surface area contributed by atoms with Crippen LogP contribution in [0.25, 0.3) is 0 Å². The Balaban J connectivity index is 2.02. The van der Waals surface area contributed by atoms with Gasteiger partial charge in [0.25, 0.3) is 5.56 Å². The van der Waals surface area contributed by atoms with E-state index in [9.17, 15) is 14.4 Å². The van der Waals surface area contributed by atoms with E-state index in [1.165, 1.54) is 17.2 Å². The average molecular weight is 379 g/mol. The van der Waals surface area contributed by atoms with E-state index in [0.717, 1.165) is 28.7 Å². The van der Waals surface area contributed by atoms with Crippen LogP contribution in [-0.2, 0) is 18.9 Å². The highest BCUT2D eigenvalue weighted by molar-refractivity contribution is 6.00. The number of allylic oxidation sites excluding steroid dienone is 2. The molecule has 0 amide bonds. The average Bonchev–Trinajstić information content (AvgIpc) is 2.69. The van der Waals surface area contributed by atoms with E-state index in [0.29, 0.717) is 29.3 Å². The number of nitrogens with zero attached hydrogens (tertiary/aromatic N) is 2. The van der Waals surface area contributed by atoms with Crippen LogP contribution in [0.5, 0.6) is 0 Å². The molecule has 0 fully saturated rings. The third kappa shape index (κ3) is 2.66. The molecule has 0 saturated heterocycles. The molecule has 0 unspecified atom stereocenters. The molecule has 4 rings (SSSR count). The van der Waals surface area contributed by atoms with Gasteiger partial charge in [-0.15, -0.1) is 0 Å². The number of nitrogens with one attached hydrogen (secondary N) is 1. The summed E-state index contributed by atoms with van der Waals surface area (Å²) in [5, 5.41) is 3.24. The van der Waals surface area contributed by atoms with E-state index in [-0.39, 0.29) is 17.0 Å². The lowest BCUT2D eigenvalue weighted by atomic mass is 9.76. The molecule has 1 aliphatic heterocycles. The van der Waals surface area contributed by atoms with Crippen LogP contribution in [-0.4, -0.2) is 14.9 Å².